The molecule has 0 amide bonds. The summed E-state index contributed by atoms with van der Waals surface area (Å²) in [5, 5.41) is 0. The average molecular weight is 2160 g/mol. The smallest absolute Gasteiger partial charge is 0.102 e. The van der Waals surface area contributed by atoms with E-state index in [1.807, 2.05) is 0 Å². The van der Waals surface area contributed by atoms with Gasteiger partial charge in [0.15, 0.2) is 0 Å². The molecule has 19 aliphatic rings. The number of halogens is 12. The van der Waals surface area contributed by atoms with E-state index in [1.165, 1.54) is 210 Å². The molecule has 19 rings (SSSR count). The van der Waals surface area contributed by atoms with Crippen LogP contribution in [0.15, 0.2) is 0 Å². The van der Waals surface area contributed by atoms with Crippen molar-refractivity contribution in [1.29, 1.82) is 0 Å². The highest BCUT2D eigenvalue weighted by Gasteiger charge is 2.46. The first-order valence-corrected chi connectivity index (χ1v) is 64.3. The maximum Gasteiger partial charge on any atom is 0.112 e. The maximum atomic E-state index is 5.30. The zero-order chi connectivity index (χ0) is 104. The van der Waals surface area contributed by atoms with Crippen LogP contribution in [0.1, 0.15) is 568 Å². The molecule has 0 heterocycles. The third-order valence-electron chi connectivity index (χ3n) is 38.7. The van der Waals surface area contributed by atoms with Gasteiger partial charge in [-0.15, -0.1) is 139 Å². The molecule has 0 aromatic rings. The fraction of sp³-hybridized carbons (Fsp3) is 1.00. The first-order chi connectivity index (χ1) is 63.5. The van der Waals surface area contributed by atoms with Crippen LogP contribution in [0.5, 0.6) is 0 Å². The molecule has 16 atom stereocenters. The summed E-state index contributed by atoms with van der Waals surface area (Å²) >= 11 is 63.5. The van der Waals surface area contributed by atoms with Gasteiger partial charge in [0.2, 0.25) is 0 Å². The van der Waals surface area contributed by atoms with Crippen molar-refractivity contribution >= 4 is 139 Å². The minimum Gasteiger partial charge on any atom is -0.102 e. The van der Waals surface area contributed by atoms with Gasteiger partial charge in [-0.25, -0.2) is 0 Å². The summed E-state index contributed by atoms with van der Waals surface area (Å²) in [4.78, 5) is 0. The highest BCUT2D eigenvalue weighted by molar-refractivity contribution is 6.49. The average Bonchev–Trinajstić information content (AvgIpc) is 1.68. The van der Waals surface area contributed by atoms with Gasteiger partial charge in [-0.05, 0) is 349 Å². The number of alkyl halides is 12. The molecule has 0 aromatic carbocycles. The zero-order valence-corrected chi connectivity index (χ0v) is 106. The van der Waals surface area contributed by atoms with Crippen LogP contribution in [0.2, 0.25) is 0 Å². The molecule has 0 saturated heterocycles. The number of hydrogen-bond acceptors (Lipinski definition) is 0. The molecule has 0 aliphatic heterocycles. The zero-order valence-electron chi connectivity index (χ0n) is 96.5. The molecule has 137 heavy (non-hydrogen) atoms. The van der Waals surface area contributed by atoms with Crippen LogP contribution in [0.25, 0.3) is 0 Å². The van der Waals surface area contributed by atoms with E-state index in [0.29, 0.717) is 0 Å². The normalized spacial score (nSPS) is 38.7. The summed E-state index contributed by atoms with van der Waals surface area (Å²) in [6.07, 6.45) is 84.4. The van der Waals surface area contributed by atoms with Crippen LogP contribution in [-0.2, 0) is 0 Å². The molecular weight excluding hydrogens is 1930 g/mol. The lowest BCUT2D eigenvalue weighted by molar-refractivity contribution is 0.0726. The van der Waals surface area contributed by atoms with Crippen molar-refractivity contribution in [1.82, 2.24) is 0 Å². The number of fused-ring (bicyclic) bond motifs is 8. The summed E-state index contributed by atoms with van der Waals surface area (Å²) in [7, 11) is 0. The molecule has 12 heteroatoms. The molecule has 0 spiro atoms. The Labute approximate surface area is 920 Å². The molecule has 19 aliphatic carbocycles. The molecule has 19 saturated carbocycles. The van der Waals surface area contributed by atoms with Gasteiger partial charge in [-0.1, -0.05) is 414 Å². The quantitative estimate of drug-likeness (QED) is 0.212. The second kappa shape index (κ2) is 71.5. The van der Waals surface area contributed by atoms with Crippen LogP contribution < -0.4 is 0 Å². The van der Waals surface area contributed by atoms with Crippen LogP contribution in [-0.4, -0.2) is 26.0 Å². The second-order valence-electron chi connectivity index (χ2n) is 52.9. The van der Waals surface area contributed by atoms with E-state index in [4.69, 9.17) is 139 Å². The van der Waals surface area contributed by atoms with Crippen molar-refractivity contribution in [3.05, 3.63) is 0 Å². The first-order valence-electron chi connectivity index (χ1n) is 59.8. The van der Waals surface area contributed by atoms with E-state index in [9.17, 15) is 0 Å². The van der Waals surface area contributed by atoms with E-state index >= 15 is 0 Å². The van der Waals surface area contributed by atoms with Gasteiger partial charge in [0, 0.05) is 0 Å². The first kappa shape index (κ1) is 137. The summed E-state index contributed by atoms with van der Waals surface area (Å²) < 4.78 is -3.33. The van der Waals surface area contributed by atoms with E-state index < -0.39 is 26.0 Å². The monoisotopic (exact) mass is 2160 g/mol. The summed E-state index contributed by atoms with van der Waals surface area (Å²) in [5.41, 5.74) is 0. The van der Waals surface area contributed by atoms with Crippen molar-refractivity contribution in [2.45, 2.75) is 594 Å². The molecule has 0 N–H and O–H groups in total. The minimum absolute atomic E-state index is 0.556. The van der Waals surface area contributed by atoms with Crippen molar-refractivity contribution < 1.29 is 0 Å². The lowest BCUT2D eigenvalue weighted by Gasteiger charge is -2.43. The molecule has 0 radical (unpaired) electrons. The fourth-order valence-corrected chi connectivity index (χ4v) is 29.2. The van der Waals surface area contributed by atoms with Crippen LogP contribution in [0.3, 0.4) is 0 Å². The Morgan fingerprint density at radius 3 is 0.467 bits per heavy atom. The van der Waals surface area contributed by atoms with E-state index in [2.05, 4.69) is 132 Å². The predicted octanol–water partition coefficient (Wildman–Crippen LogP) is 48.5. The Balaban J connectivity index is 0.000000496. The standard InChI is InChI=1S/C14H24.3C10H18.3C10H20.2C9H16.3C5H10.6C3H6Cl2/c1-10-8-12-7-6-11-4-2-3-5-13(11)14(12)9-10;2*1-8-6-9-4-2-3-5-10(9)7-8;1-8-6-7-9-4-2-3-5-10(8)9;3*1-6-7(2)9(4)10(5)8(6)3;2*1-2-5-9-7-3-6-8(9)4-1;3*1-2-4-5-3-1;6*1-3(2,4)5/h10-14H,2-9H2,1H3;3*8-10H,2-7H2,1H3;3*6-10H,1-5H3;2*8-9H,1-7H2;3*1-5H2;6*1-2H3. The lowest BCUT2D eigenvalue weighted by Crippen LogP contribution is -2.33. The Hall–Kier alpha value is 3.48. The molecule has 0 bridgehead atoms. The van der Waals surface area contributed by atoms with Crippen LogP contribution in [0.4, 0.5) is 0 Å². The third kappa shape index (κ3) is 64.3. The van der Waals surface area contributed by atoms with E-state index in [1.54, 1.807) is 250 Å². The largest absolute Gasteiger partial charge is 0.112 e. The van der Waals surface area contributed by atoms with E-state index in [0.717, 1.165) is 172 Å². The molecule has 16 unspecified atom stereocenters. The van der Waals surface area contributed by atoms with Gasteiger partial charge in [0.1, 0.15) is 26.0 Å². The Bertz CT molecular complexity index is 2370. The van der Waals surface area contributed by atoms with Gasteiger partial charge < -0.3 is 0 Å². The Morgan fingerprint density at radius 2 is 0.263 bits per heavy atom. The SMILES string of the molecule is C1CCC2CCCC2C1.C1CCC2CCCC2C1.C1CCCC1.C1CCCC1.C1CCCC1.CC(C)(Cl)Cl.CC(C)(Cl)Cl.CC(C)(Cl)Cl.CC(C)(Cl)Cl.CC(C)(Cl)Cl.CC(C)(Cl)Cl.CC1C(C)C(C)C(C)C1C.CC1C(C)C(C)C(C)C1C.CC1C(C)C(C)C(C)C1C.CC1CC2CCC3CCCCC3C2C1.CC1CC2CCCCC2C1.CC1CC2CCCCC2C1.CC1CCC2CCCCC12. The van der Waals surface area contributed by atoms with Crippen molar-refractivity contribution in [3.8, 4) is 0 Å². The predicted molar refractivity (Wildman–Crippen MR) is 632 cm³/mol. The fourth-order valence-electron chi connectivity index (χ4n) is 29.2. The molecule has 820 valence electrons. The van der Waals surface area contributed by atoms with Gasteiger partial charge in [0.25, 0.3) is 0 Å². The third-order valence-corrected chi connectivity index (χ3v) is 38.7. The van der Waals surface area contributed by atoms with Crippen molar-refractivity contribution in [2.24, 2.45) is 195 Å². The number of rotatable bonds is 0. The summed E-state index contributed by atoms with van der Waals surface area (Å²) in [5.74, 6) is 34.3. The molecular formula is C125H236Cl12. The minimum atomic E-state index is -0.556. The van der Waals surface area contributed by atoms with Gasteiger partial charge >= 0.3 is 0 Å². The van der Waals surface area contributed by atoms with Crippen molar-refractivity contribution in [2.75, 3.05) is 0 Å². The van der Waals surface area contributed by atoms with Gasteiger partial charge in [-0.2, -0.15) is 0 Å². The lowest BCUT2D eigenvalue weighted by atomic mass is 9.62. The van der Waals surface area contributed by atoms with Crippen LogP contribution >= 0.6 is 139 Å². The Morgan fingerprint density at radius 1 is 0.124 bits per heavy atom. The van der Waals surface area contributed by atoms with Gasteiger partial charge in [0.05, 0.1) is 0 Å². The summed E-state index contributed by atoms with van der Waals surface area (Å²) in [6.45, 7) is 66.4. The molecule has 0 aromatic heterocycles. The summed E-state index contributed by atoms with van der Waals surface area (Å²) in [6, 6.07) is 0. The highest BCUT2D eigenvalue weighted by atomic mass is 35.6. The topological polar surface area (TPSA) is 0 Å². The van der Waals surface area contributed by atoms with Crippen LogP contribution in [0, 0.1) is 195 Å². The molecule has 0 nitrogen and oxygen atoms in total. The second-order valence-corrected chi connectivity index (χ2v) is 65.4. The van der Waals surface area contributed by atoms with Crippen molar-refractivity contribution in [3.63, 3.8) is 0 Å². The van der Waals surface area contributed by atoms with Gasteiger partial charge in [-0.3, -0.25) is 0 Å². The highest BCUT2D eigenvalue weighted by Crippen LogP contribution is 2.56. The maximum absolute atomic E-state index is 5.30. The van der Waals surface area contributed by atoms with E-state index in [-0.39, 0.29) is 0 Å². The molecule has 19 fully saturated rings. The number of hydrogen-bond donors (Lipinski definition) is 0. The Kier molecular flexibility index (Phi) is 71.2.